The van der Waals surface area contributed by atoms with Crippen molar-refractivity contribution in [1.82, 2.24) is 15.8 Å². The van der Waals surface area contributed by atoms with Crippen LogP contribution < -0.4 is 15.8 Å². The van der Waals surface area contributed by atoms with Gasteiger partial charge < -0.3 is 9.80 Å². The Balaban J connectivity index is 1.34. The second kappa shape index (κ2) is 7.89. The molecule has 0 radical (unpaired) electrons. The second-order valence-electron chi connectivity index (χ2n) is 7.30. The molecule has 0 bridgehead atoms. The van der Waals surface area contributed by atoms with Gasteiger partial charge in [0.25, 0.3) is 0 Å². The van der Waals surface area contributed by atoms with Gasteiger partial charge in [0.05, 0.1) is 0 Å². The van der Waals surface area contributed by atoms with Gasteiger partial charge in [-0.25, -0.2) is 10.9 Å². The van der Waals surface area contributed by atoms with Gasteiger partial charge in [-0.15, -0.1) is 0 Å². The number of rotatable bonds is 3. The predicted octanol–water partition coefficient (Wildman–Crippen LogP) is 2.90. The van der Waals surface area contributed by atoms with Crippen LogP contribution in [0.25, 0.3) is 0 Å². The number of aryl methyl sites for hydroxylation is 1. The molecule has 2 aromatic rings. The molecule has 2 aliphatic heterocycles. The number of halogens is 1. The van der Waals surface area contributed by atoms with Crippen molar-refractivity contribution in [2.45, 2.75) is 25.4 Å². The van der Waals surface area contributed by atoms with Gasteiger partial charge in [0.2, 0.25) is 5.91 Å². The molecule has 2 N–H and O–H groups in total. The Morgan fingerprint density at radius 2 is 1.81 bits per heavy atom. The summed E-state index contributed by atoms with van der Waals surface area (Å²) in [6.07, 6.45) is 0.709. The van der Waals surface area contributed by atoms with Crippen molar-refractivity contribution in [2.24, 2.45) is 0 Å². The van der Waals surface area contributed by atoms with Gasteiger partial charge in [0, 0.05) is 42.9 Å². The Hall–Kier alpha value is -2.08. The van der Waals surface area contributed by atoms with Gasteiger partial charge in [-0.1, -0.05) is 41.9 Å². The first kappa shape index (κ1) is 18.3. The zero-order chi connectivity index (χ0) is 18.8. The number of benzene rings is 2. The number of nitrogens with zero attached hydrogens (tertiary/aromatic N) is 2. The highest BCUT2D eigenvalue weighted by Gasteiger charge is 2.34. The third-order valence-corrected chi connectivity index (χ3v) is 5.78. The molecule has 0 aliphatic carbocycles. The van der Waals surface area contributed by atoms with E-state index < -0.39 is 0 Å². The van der Waals surface area contributed by atoms with Crippen molar-refractivity contribution in [1.29, 1.82) is 0 Å². The zero-order valence-corrected chi connectivity index (χ0v) is 16.2. The molecule has 2 heterocycles. The number of anilines is 1. The lowest BCUT2D eigenvalue weighted by Crippen LogP contribution is -2.53. The normalized spacial score (nSPS) is 22.9. The molecular weight excluding hydrogens is 360 g/mol. The molecule has 0 spiro atoms. The summed E-state index contributed by atoms with van der Waals surface area (Å²) in [7, 11) is 0. The minimum atomic E-state index is -0.211. The number of hydrogen-bond donors (Lipinski definition) is 2. The summed E-state index contributed by atoms with van der Waals surface area (Å²) in [6.45, 7) is 5.34. The summed E-state index contributed by atoms with van der Waals surface area (Å²) < 4.78 is 0. The van der Waals surface area contributed by atoms with Crippen molar-refractivity contribution in [3.05, 3.63) is 64.7 Å². The van der Waals surface area contributed by atoms with E-state index in [2.05, 4.69) is 46.9 Å². The zero-order valence-electron chi connectivity index (χ0n) is 15.5. The first-order valence-electron chi connectivity index (χ1n) is 9.48. The van der Waals surface area contributed by atoms with E-state index in [4.69, 9.17) is 11.6 Å². The Kier molecular flexibility index (Phi) is 5.34. The smallest absolute Gasteiger partial charge is 0.241 e. The van der Waals surface area contributed by atoms with E-state index in [0.29, 0.717) is 6.42 Å². The van der Waals surface area contributed by atoms with Crippen LogP contribution >= 0.6 is 11.6 Å². The Morgan fingerprint density at radius 1 is 1.04 bits per heavy atom. The molecule has 4 rings (SSSR count). The SMILES string of the molecule is Cc1cccc(N2CCN(C(=O)C3CC(c4ccccc4Cl)NN3)CC2)c1. The average Bonchev–Trinajstić information content (AvgIpc) is 3.18. The number of nitrogens with one attached hydrogen (secondary N) is 2. The summed E-state index contributed by atoms with van der Waals surface area (Å²) in [6, 6.07) is 16.2. The maximum atomic E-state index is 12.9. The maximum Gasteiger partial charge on any atom is 0.241 e. The van der Waals surface area contributed by atoms with Gasteiger partial charge in [-0.3, -0.25) is 4.79 Å². The van der Waals surface area contributed by atoms with E-state index in [1.165, 1.54) is 11.3 Å². The van der Waals surface area contributed by atoms with Gasteiger partial charge in [-0.05, 0) is 42.7 Å². The minimum Gasteiger partial charge on any atom is -0.368 e. The van der Waals surface area contributed by atoms with Crippen molar-refractivity contribution in [2.75, 3.05) is 31.1 Å². The maximum absolute atomic E-state index is 12.9. The summed E-state index contributed by atoms with van der Waals surface area (Å²) in [4.78, 5) is 17.3. The van der Waals surface area contributed by atoms with E-state index in [-0.39, 0.29) is 18.0 Å². The van der Waals surface area contributed by atoms with Crippen LogP contribution in [-0.4, -0.2) is 43.0 Å². The van der Waals surface area contributed by atoms with Crippen molar-refractivity contribution in [3.8, 4) is 0 Å². The highest BCUT2D eigenvalue weighted by atomic mass is 35.5. The Bertz CT molecular complexity index is 819. The molecule has 5 nitrogen and oxygen atoms in total. The quantitative estimate of drug-likeness (QED) is 0.854. The van der Waals surface area contributed by atoms with Crippen LogP contribution in [0, 0.1) is 6.92 Å². The molecule has 2 aliphatic rings. The molecule has 0 saturated carbocycles. The summed E-state index contributed by atoms with van der Waals surface area (Å²) in [5.74, 6) is 0.168. The van der Waals surface area contributed by atoms with Crippen LogP contribution in [0.2, 0.25) is 5.02 Å². The van der Waals surface area contributed by atoms with Gasteiger partial charge in [0.15, 0.2) is 0 Å². The molecular formula is C21H25ClN4O. The fourth-order valence-electron chi connectivity index (χ4n) is 3.91. The van der Waals surface area contributed by atoms with Gasteiger partial charge in [0.1, 0.15) is 6.04 Å². The number of hydrazine groups is 1. The van der Waals surface area contributed by atoms with Crippen molar-refractivity contribution >= 4 is 23.2 Å². The minimum absolute atomic E-state index is 0.0567. The number of amides is 1. The first-order valence-corrected chi connectivity index (χ1v) is 9.85. The molecule has 2 aromatic carbocycles. The summed E-state index contributed by atoms with van der Waals surface area (Å²) in [5, 5.41) is 0.733. The van der Waals surface area contributed by atoms with Crippen LogP contribution in [0.1, 0.15) is 23.6 Å². The van der Waals surface area contributed by atoms with Crippen LogP contribution in [0.4, 0.5) is 5.69 Å². The van der Waals surface area contributed by atoms with E-state index in [9.17, 15) is 4.79 Å². The Labute approximate surface area is 165 Å². The molecule has 2 unspecified atom stereocenters. The highest BCUT2D eigenvalue weighted by Crippen LogP contribution is 2.29. The molecule has 27 heavy (non-hydrogen) atoms. The van der Waals surface area contributed by atoms with Crippen LogP contribution in [-0.2, 0) is 4.79 Å². The third-order valence-electron chi connectivity index (χ3n) is 5.44. The van der Waals surface area contributed by atoms with Crippen molar-refractivity contribution in [3.63, 3.8) is 0 Å². The van der Waals surface area contributed by atoms with Gasteiger partial charge >= 0.3 is 0 Å². The number of carbonyl (C=O) groups excluding carboxylic acids is 1. The summed E-state index contributed by atoms with van der Waals surface area (Å²) in [5.41, 5.74) is 9.93. The van der Waals surface area contributed by atoms with Crippen LogP contribution in [0.15, 0.2) is 48.5 Å². The lowest BCUT2D eigenvalue weighted by atomic mass is 10.0. The van der Waals surface area contributed by atoms with Crippen LogP contribution in [0.5, 0.6) is 0 Å². The Morgan fingerprint density at radius 3 is 2.56 bits per heavy atom. The van der Waals surface area contributed by atoms with Crippen molar-refractivity contribution < 1.29 is 4.79 Å². The largest absolute Gasteiger partial charge is 0.368 e. The van der Waals surface area contributed by atoms with E-state index >= 15 is 0 Å². The molecule has 0 aromatic heterocycles. The topological polar surface area (TPSA) is 47.6 Å². The molecule has 2 atom stereocenters. The van der Waals surface area contributed by atoms with Gasteiger partial charge in [-0.2, -0.15) is 0 Å². The van der Waals surface area contributed by atoms with E-state index in [1.807, 2.05) is 29.2 Å². The molecule has 2 saturated heterocycles. The van der Waals surface area contributed by atoms with E-state index in [0.717, 1.165) is 36.8 Å². The standard InChI is InChI=1S/C21H25ClN4O/c1-15-5-4-6-16(13-15)25-9-11-26(12-10-25)21(27)20-14-19(23-24-20)17-7-2-3-8-18(17)22/h2-8,13,19-20,23-24H,9-12,14H2,1H3. The van der Waals surface area contributed by atoms with Crippen LogP contribution in [0.3, 0.4) is 0 Å². The molecule has 1 amide bonds. The lowest BCUT2D eigenvalue weighted by Gasteiger charge is -2.37. The fourth-order valence-corrected chi connectivity index (χ4v) is 4.18. The molecule has 6 heteroatoms. The fraction of sp³-hybridized carbons (Fsp3) is 0.381. The predicted molar refractivity (Wildman–Crippen MR) is 109 cm³/mol. The van der Waals surface area contributed by atoms with E-state index in [1.54, 1.807) is 0 Å². The number of carbonyl (C=O) groups is 1. The molecule has 2 fully saturated rings. The lowest BCUT2D eigenvalue weighted by molar-refractivity contribution is -0.133. The first-order chi connectivity index (χ1) is 13.1. The monoisotopic (exact) mass is 384 g/mol. The molecule has 142 valence electrons. The second-order valence-corrected chi connectivity index (χ2v) is 7.71. The highest BCUT2D eigenvalue weighted by molar-refractivity contribution is 6.31. The number of hydrogen-bond acceptors (Lipinski definition) is 4. The third kappa shape index (κ3) is 3.95. The number of piperazine rings is 1. The average molecular weight is 385 g/mol. The summed E-state index contributed by atoms with van der Waals surface area (Å²) >= 11 is 6.30.